The van der Waals surface area contributed by atoms with Crippen LogP contribution in [-0.2, 0) is 4.79 Å². The van der Waals surface area contributed by atoms with Gasteiger partial charge in [0.05, 0.1) is 12.0 Å². The van der Waals surface area contributed by atoms with Crippen LogP contribution in [0.1, 0.15) is 45.4 Å². The smallest absolute Gasteiger partial charge is 0.306 e. The highest BCUT2D eigenvalue weighted by molar-refractivity contribution is 5.69. The molecule has 0 bridgehead atoms. The molecule has 0 spiro atoms. The fraction of sp³-hybridized carbons (Fsp3) is 0.909. The minimum atomic E-state index is -0.668. The highest BCUT2D eigenvalue weighted by Gasteiger charge is 2.24. The summed E-state index contributed by atoms with van der Waals surface area (Å²) >= 11 is 0. The zero-order valence-electron chi connectivity index (χ0n) is 8.78. The largest absolute Gasteiger partial charge is 0.481 e. The van der Waals surface area contributed by atoms with E-state index in [2.05, 4.69) is 0 Å². The number of carboxylic acid groups (broad SMARTS) is 1. The van der Waals surface area contributed by atoms with Crippen molar-refractivity contribution in [2.45, 2.75) is 51.6 Å². The van der Waals surface area contributed by atoms with Crippen molar-refractivity contribution in [2.24, 2.45) is 11.8 Å². The quantitative estimate of drug-likeness (QED) is 0.730. The predicted octanol–water partition coefficient (Wildman–Crippen LogP) is 2.04. The molecule has 1 saturated carbocycles. The summed E-state index contributed by atoms with van der Waals surface area (Å²) in [4.78, 5) is 10.8. The third-order valence-electron chi connectivity index (χ3n) is 3.28. The lowest BCUT2D eigenvalue weighted by molar-refractivity contribution is -0.142. The minimum Gasteiger partial charge on any atom is -0.481 e. The molecule has 1 fully saturated rings. The second-order valence-electron chi connectivity index (χ2n) is 4.35. The van der Waals surface area contributed by atoms with Crippen LogP contribution in [0.15, 0.2) is 0 Å². The molecule has 1 unspecified atom stereocenters. The molecule has 3 nitrogen and oxygen atoms in total. The molecule has 14 heavy (non-hydrogen) atoms. The van der Waals surface area contributed by atoms with E-state index in [1.165, 1.54) is 0 Å². The van der Waals surface area contributed by atoms with Crippen molar-refractivity contribution >= 4 is 5.97 Å². The van der Waals surface area contributed by atoms with Crippen LogP contribution >= 0.6 is 0 Å². The summed E-state index contributed by atoms with van der Waals surface area (Å²) < 4.78 is 0. The molecule has 1 aliphatic rings. The molecule has 1 aliphatic carbocycles. The third-order valence-corrected chi connectivity index (χ3v) is 3.28. The Balaban J connectivity index is 2.32. The van der Waals surface area contributed by atoms with Crippen LogP contribution in [0.2, 0.25) is 0 Å². The van der Waals surface area contributed by atoms with E-state index < -0.39 is 5.97 Å². The summed E-state index contributed by atoms with van der Waals surface area (Å²) in [6, 6.07) is 0. The first-order chi connectivity index (χ1) is 6.63. The first kappa shape index (κ1) is 11.5. The Labute approximate surface area is 85.1 Å². The molecule has 0 saturated heterocycles. The Kier molecular flexibility index (Phi) is 4.39. The van der Waals surface area contributed by atoms with Crippen LogP contribution in [0.3, 0.4) is 0 Å². The molecule has 0 aromatic rings. The summed E-state index contributed by atoms with van der Waals surface area (Å²) in [6.45, 7) is 1.93. The van der Waals surface area contributed by atoms with E-state index in [1.807, 2.05) is 6.92 Å². The molecule has 1 rings (SSSR count). The molecule has 0 aromatic heterocycles. The monoisotopic (exact) mass is 200 g/mol. The molecule has 0 amide bonds. The second kappa shape index (κ2) is 5.35. The van der Waals surface area contributed by atoms with Gasteiger partial charge in [-0.1, -0.05) is 6.92 Å². The van der Waals surface area contributed by atoms with Gasteiger partial charge >= 0.3 is 5.97 Å². The molecule has 82 valence electrons. The van der Waals surface area contributed by atoms with Gasteiger partial charge in [-0.25, -0.2) is 0 Å². The molecule has 1 atom stereocenters. The lowest BCUT2D eigenvalue weighted by atomic mass is 9.81. The molecule has 0 radical (unpaired) electrons. The van der Waals surface area contributed by atoms with Gasteiger partial charge in [0.15, 0.2) is 0 Å². The van der Waals surface area contributed by atoms with Gasteiger partial charge in [-0.05, 0) is 44.4 Å². The number of carboxylic acids is 1. The maximum atomic E-state index is 10.8. The van der Waals surface area contributed by atoms with Crippen molar-refractivity contribution in [1.82, 2.24) is 0 Å². The average Bonchev–Trinajstić information content (AvgIpc) is 2.16. The van der Waals surface area contributed by atoms with E-state index in [0.29, 0.717) is 12.3 Å². The van der Waals surface area contributed by atoms with Crippen molar-refractivity contribution in [3.63, 3.8) is 0 Å². The summed E-state index contributed by atoms with van der Waals surface area (Å²) in [5, 5.41) is 18.2. The number of hydrogen-bond acceptors (Lipinski definition) is 2. The Bertz CT molecular complexity index is 183. The minimum absolute atomic E-state index is 0.142. The zero-order chi connectivity index (χ0) is 10.6. The summed E-state index contributed by atoms with van der Waals surface area (Å²) in [6.07, 6.45) is 5.04. The Morgan fingerprint density at radius 2 is 1.93 bits per heavy atom. The summed E-state index contributed by atoms with van der Waals surface area (Å²) in [5.41, 5.74) is 0. The van der Waals surface area contributed by atoms with E-state index in [4.69, 9.17) is 5.11 Å². The van der Waals surface area contributed by atoms with Crippen LogP contribution in [0, 0.1) is 11.8 Å². The van der Waals surface area contributed by atoms with Gasteiger partial charge in [-0.3, -0.25) is 4.79 Å². The van der Waals surface area contributed by atoms with E-state index in [-0.39, 0.29) is 12.0 Å². The van der Waals surface area contributed by atoms with Gasteiger partial charge in [-0.15, -0.1) is 0 Å². The van der Waals surface area contributed by atoms with Crippen molar-refractivity contribution < 1.29 is 15.0 Å². The maximum Gasteiger partial charge on any atom is 0.306 e. The van der Waals surface area contributed by atoms with Crippen molar-refractivity contribution in [3.05, 3.63) is 0 Å². The number of aliphatic carboxylic acids is 1. The maximum absolute atomic E-state index is 10.8. The van der Waals surface area contributed by atoms with Crippen LogP contribution in [0.4, 0.5) is 0 Å². The molecule has 0 heterocycles. The van der Waals surface area contributed by atoms with Crippen LogP contribution in [0.5, 0.6) is 0 Å². The predicted molar refractivity (Wildman–Crippen MR) is 54.0 cm³/mol. The molecular formula is C11H20O3. The normalized spacial score (nSPS) is 29.9. The Morgan fingerprint density at radius 3 is 2.36 bits per heavy atom. The number of carbonyl (C=O) groups is 1. The summed E-state index contributed by atoms with van der Waals surface area (Å²) in [7, 11) is 0. The SMILES string of the molecule is CCC(CC1CCC(O)CC1)C(=O)O. The number of aliphatic hydroxyl groups is 1. The fourth-order valence-corrected chi connectivity index (χ4v) is 2.23. The van der Waals surface area contributed by atoms with E-state index >= 15 is 0 Å². The van der Waals surface area contributed by atoms with Crippen LogP contribution < -0.4 is 0 Å². The number of aliphatic hydroxyl groups excluding tert-OH is 1. The van der Waals surface area contributed by atoms with Gasteiger partial charge in [0.1, 0.15) is 0 Å². The second-order valence-corrected chi connectivity index (χ2v) is 4.35. The van der Waals surface area contributed by atoms with Gasteiger partial charge in [0.25, 0.3) is 0 Å². The van der Waals surface area contributed by atoms with E-state index in [1.54, 1.807) is 0 Å². The van der Waals surface area contributed by atoms with E-state index in [0.717, 1.165) is 32.1 Å². The van der Waals surface area contributed by atoms with Gasteiger partial charge in [0.2, 0.25) is 0 Å². The average molecular weight is 200 g/mol. The topological polar surface area (TPSA) is 57.5 Å². The van der Waals surface area contributed by atoms with Gasteiger partial charge in [-0.2, -0.15) is 0 Å². The van der Waals surface area contributed by atoms with E-state index in [9.17, 15) is 9.90 Å². The molecule has 3 heteroatoms. The zero-order valence-corrected chi connectivity index (χ0v) is 8.78. The molecule has 0 aliphatic heterocycles. The standard InChI is InChI=1S/C11H20O3/c1-2-9(11(13)14)7-8-3-5-10(12)6-4-8/h8-10,12H,2-7H2,1H3,(H,13,14). The lowest BCUT2D eigenvalue weighted by Crippen LogP contribution is -2.23. The molecule has 2 N–H and O–H groups in total. The molecule has 0 aromatic carbocycles. The van der Waals surface area contributed by atoms with Crippen molar-refractivity contribution in [3.8, 4) is 0 Å². The number of rotatable bonds is 4. The Morgan fingerprint density at radius 1 is 1.36 bits per heavy atom. The first-order valence-electron chi connectivity index (χ1n) is 5.54. The van der Waals surface area contributed by atoms with Gasteiger partial charge in [0, 0.05) is 0 Å². The highest BCUT2D eigenvalue weighted by atomic mass is 16.4. The van der Waals surface area contributed by atoms with Crippen molar-refractivity contribution in [1.29, 1.82) is 0 Å². The molecular weight excluding hydrogens is 180 g/mol. The number of hydrogen-bond donors (Lipinski definition) is 2. The third kappa shape index (κ3) is 3.29. The summed E-state index contributed by atoms with van der Waals surface area (Å²) in [5.74, 6) is -0.340. The highest BCUT2D eigenvalue weighted by Crippen LogP contribution is 2.30. The van der Waals surface area contributed by atoms with Crippen molar-refractivity contribution in [2.75, 3.05) is 0 Å². The lowest BCUT2D eigenvalue weighted by Gasteiger charge is -2.27. The van der Waals surface area contributed by atoms with Crippen LogP contribution in [0.25, 0.3) is 0 Å². The first-order valence-corrected chi connectivity index (χ1v) is 5.54. The van der Waals surface area contributed by atoms with Crippen LogP contribution in [-0.4, -0.2) is 22.3 Å². The fourth-order valence-electron chi connectivity index (χ4n) is 2.23. The Hall–Kier alpha value is -0.570. The van der Waals surface area contributed by atoms with Gasteiger partial charge < -0.3 is 10.2 Å².